The molecular weight excluding hydrogens is 136 g/mol. The molecule has 0 radical (unpaired) electrons. The third-order valence-electron chi connectivity index (χ3n) is 0.723. The first-order chi connectivity index (χ1) is 4.72. The summed E-state index contributed by atoms with van der Waals surface area (Å²) in [5, 5.41) is 31.6. The molecule has 0 aromatic rings. The van der Waals surface area contributed by atoms with Crippen molar-refractivity contribution < 1.29 is 20.4 Å². The summed E-state index contributed by atoms with van der Waals surface area (Å²) in [6.45, 7) is 1.69. The van der Waals surface area contributed by atoms with Gasteiger partial charge in [0.05, 0.1) is 13.2 Å². The highest BCUT2D eigenvalue weighted by Crippen LogP contribution is 1.85. The van der Waals surface area contributed by atoms with E-state index in [2.05, 4.69) is 0 Å². The number of aliphatic hydroxyl groups is 4. The van der Waals surface area contributed by atoms with Gasteiger partial charge in [-0.05, 0) is 0 Å². The van der Waals surface area contributed by atoms with Crippen molar-refractivity contribution in [1.82, 2.24) is 0 Å². The lowest BCUT2D eigenvalue weighted by Crippen LogP contribution is -2.04. The van der Waals surface area contributed by atoms with Crippen LogP contribution < -0.4 is 0 Å². The molecule has 0 aromatic heterocycles. The topological polar surface area (TPSA) is 80.9 Å². The van der Waals surface area contributed by atoms with E-state index in [4.69, 9.17) is 20.4 Å². The van der Waals surface area contributed by atoms with Gasteiger partial charge in [-0.15, -0.1) is 0 Å². The minimum atomic E-state index is -0.125. The van der Waals surface area contributed by atoms with Crippen LogP contribution in [0.2, 0.25) is 0 Å². The fraction of sp³-hybridized carbons (Fsp3) is 1.00. The monoisotopic (exact) mass is 152 g/mol. The van der Waals surface area contributed by atoms with Gasteiger partial charge >= 0.3 is 0 Å². The fourth-order valence-corrected chi connectivity index (χ4v) is 0.0577. The summed E-state index contributed by atoms with van der Waals surface area (Å²) < 4.78 is 0. The van der Waals surface area contributed by atoms with E-state index >= 15 is 0 Å². The van der Waals surface area contributed by atoms with Crippen molar-refractivity contribution >= 4 is 0 Å². The van der Waals surface area contributed by atoms with E-state index in [1.165, 1.54) is 0 Å². The molecule has 4 N–H and O–H groups in total. The van der Waals surface area contributed by atoms with E-state index in [0.29, 0.717) is 0 Å². The highest BCUT2D eigenvalue weighted by Gasteiger charge is 1.91. The van der Waals surface area contributed by atoms with Crippen molar-refractivity contribution in [1.29, 1.82) is 0 Å². The van der Waals surface area contributed by atoms with Gasteiger partial charge in [0.2, 0.25) is 0 Å². The van der Waals surface area contributed by atoms with Gasteiger partial charge in [-0.25, -0.2) is 0 Å². The van der Waals surface area contributed by atoms with E-state index in [1.54, 1.807) is 6.92 Å². The highest BCUT2D eigenvalue weighted by molar-refractivity contribution is 4.41. The molecule has 0 bridgehead atoms. The lowest BCUT2D eigenvalue weighted by molar-refractivity contribution is 0.162. The lowest BCUT2D eigenvalue weighted by atomic mass is 10.2. The summed E-state index contributed by atoms with van der Waals surface area (Å²) in [5.41, 5.74) is 0. The molecule has 0 saturated heterocycles. The third-order valence-corrected chi connectivity index (χ3v) is 0.723. The second-order valence-corrected chi connectivity index (χ2v) is 1.92. The maximum absolute atomic E-state index is 8.17. The Hall–Kier alpha value is -0.160. The van der Waals surface area contributed by atoms with Crippen LogP contribution in [0, 0.1) is 5.92 Å². The molecule has 0 spiro atoms. The van der Waals surface area contributed by atoms with Gasteiger partial charge in [0.1, 0.15) is 0 Å². The molecule has 0 heterocycles. The molecule has 0 aliphatic heterocycles. The van der Waals surface area contributed by atoms with Crippen LogP contribution in [0.5, 0.6) is 0 Å². The van der Waals surface area contributed by atoms with Gasteiger partial charge in [0, 0.05) is 19.1 Å². The van der Waals surface area contributed by atoms with E-state index in [1.807, 2.05) is 0 Å². The highest BCUT2D eigenvalue weighted by atomic mass is 16.3. The molecule has 0 atom stereocenters. The van der Waals surface area contributed by atoms with E-state index < -0.39 is 0 Å². The standard InChI is InChI=1S/C4H10O2.C2H6O2/c1-4(2-5)3-6;3-1-2-4/h4-6H,2-3H2,1H3;3-4H,1-2H2. The molecule has 0 fully saturated rings. The smallest absolute Gasteiger partial charge is 0.0662 e. The van der Waals surface area contributed by atoms with Gasteiger partial charge < -0.3 is 20.4 Å². The predicted octanol–water partition coefficient (Wildman–Crippen LogP) is -1.42. The lowest BCUT2D eigenvalue weighted by Gasteiger charge is -1.97. The van der Waals surface area contributed by atoms with Crippen molar-refractivity contribution in [3.63, 3.8) is 0 Å². The Bertz CT molecular complexity index is 43.0. The molecule has 64 valence electrons. The van der Waals surface area contributed by atoms with E-state index in [0.717, 1.165) is 0 Å². The van der Waals surface area contributed by atoms with E-state index in [-0.39, 0.29) is 32.3 Å². The Kier molecular flexibility index (Phi) is 14.5. The molecule has 0 amide bonds. The average Bonchev–Trinajstić information content (AvgIpc) is 2.03. The van der Waals surface area contributed by atoms with Gasteiger partial charge in [-0.1, -0.05) is 6.92 Å². The van der Waals surface area contributed by atoms with Crippen molar-refractivity contribution in [3.05, 3.63) is 0 Å². The predicted molar refractivity (Wildman–Crippen MR) is 37.5 cm³/mol. The molecule has 4 heteroatoms. The largest absolute Gasteiger partial charge is 0.396 e. The maximum atomic E-state index is 8.17. The molecular formula is C6H16O4. The first-order valence-electron chi connectivity index (χ1n) is 3.16. The quantitative estimate of drug-likeness (QED) is 0.400. The van der Waals surface area contributed by atoms with Gasteiger partial charge in [-0.2, -0.15) is 0 Å². The van der Waals surface area contributed by atoms with E-state index in [9.17, 15) is 0 Å². The molecule has 0 saturated carbocycles. The SMILES string of the molecule is CC(CO)CO.OCCO. The molecule has 0 unspecified atom stereocenters. The molecule has 0 aliphatic rings. The Morgan fingerprint density at radius 1 is 0.900 bits per heavy atom. The summed E-state index contributed by atoms with van der Waals surface area (Å²) in [6, 6.07) is 0. The van der Waals surface area contributed by atoms with Crippen molar-refractivity contribution in [2.45, 2.75) is 6.92 Å². The van der Waals surface area contributed by atoms with Crippen LogP contribution in [-0.4, -0.2) is 46.9 Å². The number of hydrogen-bond donors (Lipinski definition) is 4. The Morgan fingerprint density at radius 2 is 1.20 bits per heavy atom. The second-order valence-electron chi connectivity index (χ2n) is 1.92. The molecule has 0 aromatic carbocycles. The zero-order valence-electron chi connectivity index (χ0n) is 6.19. The van der Waals surface area contributed by atoms with Crippen LogP contribution in [0.25, 0.3) is 0 Å². The Morgan fingerprint density at radius 3 is 1.20 bits per heavy atom. The molecule has 10 heavy (non-hydrogen) atoms. The van der Waals surface area contributed by atoms with Crippen LogP contribution in [0.4, 0.5) is 0 Å². The fourth-order valence-electron chi connectivity index (χ4n) is 0.0577. The van der Waals surface area contributed by atoms with Gasteiger partial charge in [-0.3, -0.25) is 0 Å². The minimum Gasteiger partial charge on any atom is -0.396 e. The first kappa shape index (κ1) is 12.5. The van der Waals surface area contributed by atoms with Crippen LogP contribution in [0.3, 0.4) is 0 Å². The van der Waals surface area contributed by atoms with Crippen LogP contribution >= 0.6 is 0 Å². The van der Waals surface area contributed by atoms with Crippen LogP contribution in [-0.2, 0) is 0 Å². The Labute approximate surface area is 60.7 Å². The normalized spacial score (nSPS) is 9.00. The van der Waals surface area contributed by atoms with Crippen LogP contribution in [0.1, 0.15) is 6.92 Å². The van der Waals surface area contributed by atoms with Crippen molar-refractivity contribution in [3.8, 4) is 0 Å². The molecule has 0 aliphatic carbocycles. The summed E-state index contributed by atoms with van der Waals surface area (Å²) in [5.74, 6) is 0.0463. The maximum Gasteiger partial charge on any atom is 0.0662 e. The number of rotatable bonds is 3. The van der Waals surface area contributed by atoms with Crippen molar-refractivity contribution in [2.75, 3.05) is 26.4 Å². The molecule has 0 rings (SSSR count). The zero-order chi connectivity index (χ0) is 8.41. The summed E-state index contributed by atoms with van der Waals surface area (Å²) in [6.07, 6.45) is 0. The Balaban J connectivity index is 0. The van der Waals surface area contributed by atoms with Gasteiger partial charge in [0.15, 0.2) is 0 Å². The first-order valence-corrected chi connectivity index (χ1v) is 3.16. The van der Waals surface area contributed by atoms with Crippen molar-refractivity contribution in [2.24, 2.45) is 5.92 Å². The number of hydrogen-bond acceptors (Lipinski definition) is 4. The zero-order valence-corrected chi connectivity index (χ0v) is 6.19. The van der Waals surface area contributed by atoms with Gasteiger partial charge in [0.25, 0.3) is 0 Å². The second kappa shape index (κ2) is 11.6. The summed E-state index contributed by atoms with van der Waals surface area (Å²) in [7, 11) is 0. The summed E-state index contributed by atoms with van der Waals surface area (Å²) in [4.78, 5) is 0. The minimum absolute atomic E-state index is 0.0463. The number of aliphatic hydroxyl groups excluding tert-OH is 4. The van der Waals surface area contributed by atoms with Crippen LogP contribution in [0.15, 0.2) is 0 Å². The molecule has 4 nitrogen and oxygen atoms in total. The average molecular weight is 152 g/mol. The summed E-state index contributed by atoms with van der Waals surface area (Å²) >= 11 is 0. The third kappa shape index (κ3) is 15.7.